The lowest BCUT2D eigenvalue weighted by Crippen LogP contribution is -2.41. The van der Waals surface area contributed by atoms with Crippen LogP contribution < -0.4 is 5.32 Å². The lowest BCUT2D eigenvalue weighted by atomic mass is 10.0. The average Bonchev–Trinajstić information content (AvgIpc) is 2.30. The number of benzene rings is 1. The van der Waals surface area contributed by atoms with Gasteiger partial charge in [0.25, 0.3) is 0 Å². The Morgan fingerprint density at radius 2 is 1.94 bits per heavy atom. The SMILES string of the molecule is COC(=O)NC(Cc1ccc(O)cc1)C(C)=O. The highest BCUT2D eigenvalue weighted by molar-refractivity contribution is 5.85. The van der Waals surface area contributed by atoms with Crippen LogP contribution in [0, 0.1) is 0 Å². The predicted molar refractivity (Wildman–Crippen MR) is 61.8 cm³/mol. The minimum absolute atomic E-state index is 0.150. The van der Waals surface area contributed by atoms with Crippen LogP contribution in [0.5, 0.6) is 5.75 Å². The molecule has 0 spiro atoms. The van der Waals surface area contributed by atoms with Crippen molar-refractivity contribution in [2.24, 2.45) is 0 Å². The van der Waals surface area contributed by atoms with Gasteiger partial charge in [0.1, 0.15) is 5.75 Å². The van der Waals surface area contributed by atoms with Crippen LogP contribution in [0.25, 0.3) is 0 Å². The number of phenolic OH excluding ortho intramolecular Hbond substituents is 1. The number of hydrogen-bond acceptors (Lipinski definition) is 4. The summed E-state index contributed by atoms with van der Waals surface area (Å²) in [6.45, 7) is 1.40. The number of phenols is 1. The topological polar surface area (TPSA) is 75.6 Å². The minimum atomic E-state index is -0.635. The lowest BCUT2D eigenvalue weighted by molar-refractivity contribution is -0.118. The Labute approximate surface area is 99.4 Å². The summed E-state index contributed by atoms with van der Waals surface area (Å²) in [5.74, 6) is 0.0116. The molecule has 0 bridgehead atoms. The first-order chi connectivity index (χ1) is 8.02. The van der Waals surface area contributed by atoms with Crippen LogP contribution in [0.4, 0.5) is 4.79 Å². The van der Waals surface area contributed by atoms with Gasteiger partial charge in [0.05, 0.1) is 13.2 Å². The van der Waals surface area contributed by atoms with E-state index in [2.05, 4.69) is 10.1 Å². The van der Waals surface area contributed by atoms with E-state index < -0.39 is 12.1 Å². The van der Waals surface area contributed by atoms with Gasteiger partial charge in [-0.25, -0.2) is 4.79 Å². The van der Waals surface area contributed by atoms with Crippen molar-refractivity contribution in [2.45, 2.75) is 19.4 Å². The van der Waals surface area contributed by atoms with Crippen molar-refractivity contribution >= 4 is 11.9 Å². The van der Waals surface area contributed by atoms with E-state index in [9.17, 15) is 9.59 Å². The molecule has 1 amide bonds. The Morgan fingerprint density at radius 3 is 2.41 bits per heavy atom. The molecule has 92 valence electrons. The van der Waals surface area contributed by atoms with Crippen LogP contribution in [0.1, 0.15) is 12.5 Å². The average molecular weight is 237 g/mol. The smallest absolute Gasteiger partial charge is 0.407 e. The number of nitrogens with one attached hydrogen (secondary N) is 1. The van der Waals surface area contributed by atoms with Crippen molar-refractivity contribution in [1.82, 2.24) is 5.32 Å². The molecule has 0 aliphatic rings. The van der Waals surface area contributed by atoms with Gasteiger partial charge in [-0.3, -0.25) is 4.79 Å². The van der Waals surface area contributed by atoms with Gasteiger partial charge >= 0.3 is 6.09 Å². The first-order valence-electron chi connectivity index (χ1n) is 5.15. The van der Waals surface area contributed by atoms with E-state index in [1.165, 1.54) is 26.2 Å². The number of amides is 1. The van der Waals surface area contributed by atoms with Gasteiger partial charge in [-0.05, 0) is 31.0 Å². The van der Waals surface area contributed by atoms with Gasteiger partial charge in [0.15, 0.2) is 5.78 Å². The molecule has 0 aromatic heterocycles. The van der Waals surface area contributed by atoms with E-state index in [0.29, 0.717) is 6.42 Å². The Balaban J connectivity index is 2.70. The summed E-state index contributed by atoms with van der Waals surface area (Å²) >= 11 is 0. The maximum absolute atomic E-state index is 11.3. The summed E-state index contributed by atoms with van der Waals surface area (Å²) in [5.41, 5.74) is 0.847. The highest BCUT2D eigenvalue weighted by Crippen LogP contribution is 2.11. The fourth-order valence-electron chi connectivity index (χ4n) is 1.37. The Morgan fingerprint density at radius 1 is 1.35 bits per heavy atom. The number of rotatable bonds is 4. The third kappa shape index (κ3) is 4.14. The quantitative estimate of drug-likeness (QED) is 0.826. The van der Waals surface area contributed by atoms with Crippen molar-refractivity contribution in [3.63, 3.8) is 0 Å². The van der Waals surface area contributed by atoms with E-state index in [1.54, 1.807) is 12.1 Å². The molecule has 5 heteroatoms. The molecular weight excluding hydrogens is 222 g/mol. The molecule has 0 aliphatic heterocycles. The monoisotopic (exact) mass is 237 g/mol. The molecule has 2 N–H and O–H groups in total. The molecule has 0 fully saturated rings. The molecule has 1 aromatic rings. The Kier molecular flexibility index (Phi) is 4.51. The molecule has 1 aromatic carbocycles. The van der Waals surface area contributed by atoms with Gasteiger partial charge in [-0.15, -0.1) is 0 Å². The zero-order valence-corrected chi connectivity index (χ0v) is 9.77. The van der Waals surface area contributed by atoms with Crippen molar-refractivity contribution < 1.29 is 19.4 Å². The largest absolute Gasteiger partial charge is 0.508 e. The van der Waals surface area contributed by atoms with Crippen LogP contribution in [0.15, 0.2) is 24.3 Å². The van der Waals surface area contributed by atoms with Crippen molar-refractivity contribution in [3.05, 3.63) is 29.8 Å². The molecule has 17 heavy (non-hydrogen) atoms. The number of ketones is 1. The number of carbonyl (C=O) groups is 2. The summed E-state index contributed by atoms with van der Waals surface area (Å²) in [4.78, 5) is 22.4. The molecule has 0 aliphatic carbocycles. The maximum Gasteiger partial charge on any atom is 0.407 e. The van der Waals surface area contributed by atoms with E-state index in [4.69, 9.17) is 5.11 Å². The van der Waals surface area contributed by atoms with Crippen LogP contribution in [0.2, 0.25) is 0 Å². The Bertz CT molecular complexity index is 399. The molecule has 0 saturated heterocycles. The number of hydrogen-bond donors (Lipinski definition) is 2. The van der Waals surface area contributed by atoms with Crippen LogP contribution in [-0.2, 0) is 16.0 Å². The highest BCUT2D eigenvalue weighted by atomic mass is 16.5. The van der Waals surface area contributed by atoms with E-state index >= 15 is 0 Å². The Hall–Kier alpha value is -2.04. The van der Waals surface area contributed by atoms with Crippen LogP contribution >= 0.6 is 0 Å². The van der Waals surface area contributed by atoms with Gasteiger partial charge in [-0.2, -0.15) is 0 Å². The fraction of sp³-hybridized carbons (Fsp3) is 0.333. The van der Waals surface area contributed by atoms with Gasteiger partial charge in [0.2, 0.25) is 0 Å². The molecule has 1 atom stereocenters. The summed E-state index contributed by atoms with van der Waals surface area (Å²) in [5, 5.41) is 11.6. The van der Waals surface area contributed by atoms with E-state index in [1.807, 2.05) is 0 Å². The first-order valence-corrected chi connectivity index (χ1v) is 5.15. The van der Waals surface area contributed by atoms with Crippen LogP contribution in [0.3, 0.4) is 0 Å². The summed E-state index contributed by atoms with van der Waals surface area (Å²) in [6, 6.07) is 5.84. The molecular formula is C12H15NO4. The van der Waals surface area contributed by atoms with Gasteiger partial charge in [0, 0.05) is 0 Å². The van der Waals surface area contributed by atoms with Crippen molar-refractivity contribution in [3.8, 4) is 5.75 Å². The second kappa shape index (κ2) is 5.89. The van der Waals surface area contributed by atoms with E-state index in [0.717, 1.165) is 5.56 Å². The van der Waals surface area contributed by atoms with Gasteiger partial charge < -0.3 is 15.2 Å². The number of methoxy groups -OCH3 is 1. The summed E-state index contributed by atoms with van der Waals surface area (Å²) < 4.78 is 4.45. The number of aromatic hydroxyl groups is 1. The zero-order valence-electron chi connectivity index (χ0n) is 9.77. The third-order valence-electron chi connectivity index (χ3n) is 2.34. The molecule has 5 nitrogen and oxygen atoms in total. The zero-order chi connectivity index (χ0) is 12.8. The number of Topliss-reactive ketones (excluding diaryl/α,β-unsaturated/α-hetero) is 1. The predicted octanol–water partition coefficient (Wildman–Crippen LogP) is 1.25. The van der Waals surface area contributed by atoms with Crippen LogP contribution in [-0.4, -0.2) is 30.1 Å². The number of alkyl carbamates (subject to hydrolysis) is 1. The lowest BCUT2D eigenvalue weighted by Gasteiger charge is -2.14. The molecule has 0 saturated carbocycles. The van der Waals surface area contributed by atoms with Crippen molar-refractivity contribution in [1.29, 1.82) is 0 Å². The van der Waals surface area contributed by atoms with Crippen molar-refractivity contribution in [2.75, 3.05) is 7.11 Å². The highest BCUT2D eigenvalue weighted by Gasteiger charge is 2.17. The summed E-state index contributed by atoms with van der Waals surface area (Å²) in [6.07, 6.45) is -0.269. The number of ether oxygens (including phenoxy) is 1. The third-order valence-corrected chi connectivity index (χ3v) is 2.34. The number of carbonyl (C=O) groups excluding carboxylic acids is 2. The van der Waals surface area contributed by atoms with E-state index in [-0.39, 0.29) is 11.5 Å². The molecule has 1 rings (SSSR count). The second-order valence-electron chi connectivity index (χ2n) is 3.67. The molecule has 0 heterocycles. The maximum atomic E-state index is 11.3. The second-order valence-corrected chi connectivity index (χ2v) is 3.67. The minimum Gasteiger partial charge on any atom is -0.508 e. The molecule has 1 unspecified atom stereocenters. The molecule has 0 radical (unpaired) electrons. The standard InChI is InChI=1S/C12H15NO4/c1-8(14)11(13-12(16)17-2)7-9-3-5-10(15)6-4-9/h3-6,11,15H,7H2,1-2H3,(H,13,16). The fourth-order valence-corrected chi connectivity index (χ4v) is 1.37. The normalized spacial score (nSPS) is 11.6. The first kappa shape index (κ1) is 13.0. The van der Waals surface area contributed by atoms with Gasteiger partial charge in [-0.1, -0.05) is 12.1 Å². The summed E-state index contributed by atoms with van der Waals surface area (Å²) in [7, 11) is 1.24.